The Labute approximate surface area is 164 Å². The summed E-state index contributed by atoms with van der Waals surface area (Å²) in [4.78, 5) is 9.45. The lowest BCUT2D eigenvalue weighted by Gasteiger charge is -2.05. The molecule has 0 saturated carbocycles. The second-order valence-corrected chi connectivity index (χ2v) is 7.52. The third-order valence-electron chi connectivity index (χ3n) is 4.26. The summed E-state index contributed by atoms with van der Waals surface area (Å²) in [7, 11) is 0. The number of halogens is 1. The molecule has 0 aliphatic carbocycles. The first-order valence-electron chi connectivity index (χ1n) is 8.45. The third-order valence-corrected chi connectivity index (χ3v) is 5.43. The molecule has 0 fully saturated rings. The van der Waals surface area contributed by atoms with E-state index in [2.05, 4.69) is 11.1 Å². The molecule has 0 aliphatic heterocycles. The molecule has 5 aromatic rings. The smallest absolute Gasteiger partial charge is 0.210 e. The highest BCUT2D eigenvalue weighted by Crippen LogP contribution is 2.28. The number of para-hydroxylation sites is 1. The predicted octanol–water partition coefficient (Wildman–Crippen LogP) is 6.60. The van der Waals surface area contributed by atoms with E-state index in [1.807, 2.05) is 72.8 Å². The monoisotopic (exact) mass is 388 g/mol. The summed E-state index contributed by atoms with van der Waals surface area (Å²) in [5.41, 5.74) is 2.68. The van der Waals surface area contributed by atoms with Crippen LogP contribution in [0.1, 0.15) is 0 Å². The van der Waals surface area contributed by atoms with Gasteiger partial charge in [0.1, 0.15) is 11.3 Å². The van der Waals surface area contributed by atoms with Crippen molar-refractivity contribution >= 4 is 49.3 Å². The molecule has 0 spiro atoms. The van der Waals surface area contributed by atoms with Crippen molar-refractivity contribution in [3.05, 3.63) is 89.2 Å². The minimum absolute atomic E-state index is 0.644. The molecule has 0 radical (unpaired) electrons. The molecule has 5 heteroatoms. The fourth-order valence-corrected chi connectivity index (χ4v) is 4.01. The van der Waals surface area contributed by atoms with Gasteiger partial charge in [0.25, 0.3) is 0 Å². The number of aromatic nitrogens is 1. The van der Waals surface area contributed by atoms with Crippen LogP contribution in [0.2, 0.25) is 5.02 Å². The molecule has 0 aliphatic rings. The number of benzene rings is 3. The van der Waals surface area contributed by atoms with Crippen LogP contribution in [0.15, 0.2) is 88.3 Å². The summed E-state index contributed by atoms with van der Waals surface area (Å²) >= 11 is 7.78. The molecule has 0 amide bonds. The zero-order valence-electron chi connectivity index (χ0n) is 14.1. The van der Waals surface area contributed by atoms with Gasteiger partial charge in [0.05, 0.1) is 15.6 Å². The molecule has 0 unspecified atom stereocenters. The van der Waals surface area contributed by atoms with Crippen molar-refractivity contribution in [1.82, 2.24) is 4.98 Å². The van der Waals surface area contributed by atoms with Crippen molar-refractivity contribution in [3.63, 3.8) is 0 Å². The highest BCUT2D eigenvalue weighted by molar-refractivity contribution is 7.21. The van der Waals surface area contributed by atoms with Crippen LogP contribution in [0, 0.1) is 0 Å². The lowest BCUT2D eigenvalue weighted by atomic mass is 10.1. The molecule has 0 bridgehead atoms. The van der Waals surface area contributed by atoms with E-state index in [1.54, 1.807) is 11.3 Å². The number of nitrogens with zero attached hydrogens (tertiary/aromatic N) is 2. The van der Waals surface area contributed by atoms with E-state index < -0.39 is 0 Å². The Morgan fingerprint density at radius 2 is 1.70 bits per heavy atom. The second-order valence-electron chi connectivity index (χ2n) is 6.08. The average Bonchev–Trinajstić information content (AvgIpc) is 3.11. The molecular weight excluding hydrogens is 376 g/mol. The average molecular weight is 389 g/mol. The molecule has 3 aromatic carbocycles. The van der Waals surface area contributed by atoms with Crippen LogP contribution in [-0.2, 0) is 0 Å². The minimum atomic E-state index is 0.644. The van der Waals surface area contributed by atoms with Gasteiger partial charge in [-0.1, -0.05) is 65.4 Å². The standard InChI is InChI=1S/C22H13ClN2OS/c23-15-10-11-19-16(12-15)18(13-20(26-19)14-6-2-1-3-7-14)25-22-24-17-8-4-5-9-21(17)27-22/h1-13H/b25-18-. The van der Waals surface area contributed by atoms with Crippen LogP contribution in [0.3, 0.4) is 0 Å². The maximum Gasteiger partial charge on any atom is 0.210 e. The summed E-state index contributed by atoms with van der Waals surface area (Å²) in [5, 5.41) is 3.01. The number of fused-ring (bicyclic) bond motifs is 2. The van der Waals surface area contributed by atoms with E-state index in [0.717, 1.165) is 37.9 Å². The fraction of sp³-hybridized carbons (Fsp3) is 0. The molecule has 3 nitrogen and oxygen atoms in total. The van der Waals surface area contributed by atoms with Gasteiger partial charge in [0.2, 0.25) is 5.13 Å². The predicted molar refractivity (Wildman–Crippen MR) is 112 cm³/mol. The Balaban J connectivity index is 1.79. The van der Waals surface area contributed by atoms with Gasteiger partial charge in [0.15, 0.2) is 0 Å². The maximum absolute atomic E-state index is 6.22. The highest BCUT2D eigenvalue weighted by Gasteiger charge is 2.08. The number of hydrogen-bond acceptors (Lipinski definition) is 4. The zero-order chi connectivity index (χ0) is 18.2. The molecule has 130 valence electrons. The summed E-state index contributed by atoms with van der Waals surface area (Å²) in [6.45, 7) is 0. The topological polar surface area (TPSA) is 38.4 Å². The van der Waals surface area contributed by atoms with Gasteiger partial charge < -0.3 is 4.42 Å². The van der Waals surface area contributed by atoms with Crippen LogP contribution >= 0.6 is 22.9 Å². The fourth-order valence-electron chi connectivity index (χ4n) is 2.99. The largest absolute Gasteiger partial charge is 0.456 e. The second kappa shape index (κ2) is 6.65. The van der Waals surface area contributed by atoms with Gasteiger partial charge in [-0.25, -0.2) is 9.98 Å². The van der Waals surface area contributed by atoms with Crippen LogP contribution in [0.25, 0.3) is 32.5 Å². The number of hydrogen-bond donors (Lipinski definition) is 0. The Bertz CT molecular complexity index is 1310. The molecule has 0 atom stereocenters. The lowest BCUT2D eigenvalue weighted by Crippen LogP contribution is -2.03. The molecule has 2 heterocycles. The quantitative estimate of drug-likeness (QED) is 0.342. The van der Waals surface area contributed by atoms with Gasteiger partial charge in [-0.15, -0.1) is 0 Å². The van der Waals surface area contributed by atoms with Crippen molar-refractivity contribution in [3.8, 4) is 11.3 Å². The Morgan fingerprint density at radius 3 is 2.56 bits per heavy atom. The number of rotatable bonds is 2. The Hall–Kier alpha value is -2.95. The summed E-state index contributed by atoms with van der Waals surface area (Å²) < 4.78 is 7.22. The molecular formula is C22H13ClN2OS. The van der Waals surface area contributed by atoms with E-state index in [-0.39, 0.29) is 0 Å². The van der Waals surface area contributed by atoms with Crippen molar-refractivity contribution in [2.24, 2.45) is 4.99 Å². The summed E-state index contributed by atoms with van der Waals surface area (Å²) in [6, 6.07) is 25.5. The lowest BCUT2D eigenvalue weighted by molar-refractivity contribution is 0.618. The first-order chi connectivity index (χ1) is 13.3. The van der Waals surface area contributed by atoms with E-state index in [1.165, 1.54) is 0 Å². The van der Waals surface area contributed by atoms with Gasteiger partial charge in [-0.2, -0.15) is 0 Å². The normalized spacial score (nSPS) is 12.1. The molecule has 0 saturated heterocycles. The molecule has 2 aromatic heterocycles. The first kappa shape index (κ1) is 16.2. The van der Waals surface area contributed by atoms with E-state index in [9.17, 15) is 0 Å². The highest BCUT2D eigenvalue weighted by atomic mass is 35.5. The van der Waals surface area contributed by atoms with Crippen molar-refractivity contribution in [2.45, 2.75) is 0 Å². The van der Waals surface area contributed by atoms with Crippen molar-refractivity contribution in [1.29, 1.82) is 0 Å². The van der Waals surface area contributed by atoms with E-state index >= 15 is 0 Å². The SMILES string of the molecule is Clc1ccc2oc(-c3ccccc3)c/c(=N/c3nc4ccccc4s3)c2c1. The van der Waals surface area contributed by atoms with Gasteiger partial charge in [-0.05, 0) is 30.3 Å². The Kier molecular flexibility index (Phi) is 4.00. The third kappa shape index (κ3) is 3.14. The maximum atomic E-state index is 6.22. The Morgan fingerprint density at radius 1 is 0.889 bits per heavy atom. The first-order valence-corrected chi connectivity index (χ1v) is 9.65. The minimum Gasteiger partial charge on any atom is -0.456 e. The van der Waals surface area contributed by atoms with Gasteiger partial charge in [-0.3, -0.25) is 0 Å². The van der Waals surface area contributed by atoms with Crippen molar-refractivity contribution in [2.75, 3.05) is 0 Å². The van der Waals surface area contributed by atoms with Crippen LogP contribution in [0.4, 0.5) is 5.13 Å². The van der Waals surface area contributed by atoms with E-state index in [0.29, 0.717) is 10.2 Å². The number of thiazole rings is 1. The van der Waals surface area contributed by atoms with Crippen molar-refractivity contribution < 1.29 is 4.42 Å². The van der Waals surface area contributed by atoms with Crippen LogP contribution in [-0.4, -0.2) is 4.98 Å². The van der Waals surface area contributed by atoms with E-state index in [4.69, 9.17) is 21.0 Å². The zero-order valence-corrected chi connectivity index (χ0v) is 15.7. The van der Waals surface area contributed by atoms with Crippen LogP contribution < -0.4 is 5.36 Å². The van der Waals surface area contributed by atoms with Gasteiger partial charge in [0, 0.05) is 22.0 Å². The molecule has 5 rings (SSSR count). The molecule has 27 heavy (non-hydrogen) atoms. The van der Waals surface area contributed by atoms with Gasteiger partial charge >= 0.3 is 0 Å². The van der Waals surface area contributed by atoms with Crippen LogP contribution in [0.5, 0.6) is 0 Å². The summed E-state index contributed by atoms with van der Waals surface area (Å²) in [6.07, 6.45) is 0. The molecule has 0 N–H and O–H groups in total. The summed E-state index contributed by atoms with van der Waals surface area (Å²) in [5.74, 6) is 0.755.